The average Bonchev–Trinajstić information content (AvgIpc) is 2.47. The first kappa shape index (κ1) is 15.2. The van der Waals surface area contributed by atoms with Gasteiger partial charge < -0.3 is 8.98 Å². The zero-order valence-corrected chi connectivity index (χ0v) is 12.3. The molecule has 2 aromatic rings. The van der Waals surface area contributed by atoms with Crippen LogP contribution < -0.4 is 4.18 Å². The quantitative estimate of drug-likeness (QED) is 0.766. The third kappa shape index (κ3) is 4.39. The molecular weight excluding hydrogens is 290 g/mol. The molecule has 0 aliphatic rings. The second kappa shape index (κ2) is 6.49. The molecular formula is C15H15NO4S. The number of ketones is 1. The van der Waals surface area contributed by atoms with E-state index in [-0.39, 0.29) is 16.4 Å². The number of carbonyl (C=O) groups is 1. The minimum Gasteiger partial charge on any atom is -0.379 e. The Morgan fingerprint density at radius 1 is 1.19 bits per heavy atom. The second-order valence-electron chi connectivity index (χ2n) is 4.57. The Morgan fingerprint density at radius 3 is 2.48 bits per heavy atom. The van der Waals surface area contributed by atoms with Gasteiger partial charge in [0.25, 0.3) is 0 Å². The van der Waals surface area contributed by atoms with Crippen molar-refractivity contribution in [1.82, 2.24) is 4.98 Å². The van der Waals surface area contributed by atoms with Crippen molar-refractivity contribution in [2.45, 2.75) is 24.7 Å². The largest absolute Gasteiger partial charge is 0.379 e. The summed E-state index contributed by atoms with van der Waals surface area (Å²) in [6.07, 6.45) is 3.82. The Labute approximate surface area is 123 Å². The molecule has 0 aliphatic heterocycles. The van der Waals surface area contributed by atoms with Crippen LogP contribution in [-0.2, 0) is 21.3 Å². The Kier molecular flexibility index (Phi) is 4.70. The Morgan fingerprint density at radius 2 is 1.90 bits per heavy atom. The van der Waals surface area contributed by atoms with E-state index in [4.69, 9.17) is 4.18 Å². The number of Topliss-reactive ketones (excluding diaryl/α,β-unsaturated/α-hetero) is 1. The van der Waals surface area contributed by atoms with E-state index in [9.17, 15) is 13.2 Å². The molecule has 0 unspecified atom stereocenters. The van der Waals surface area contributed by atoms with E-state index in [0.29, 0.717) is 12.8 Å². The fourth-order valence-electron chi connectivity index (χ4n) is 1.70. The molecule has 0 N–H and O–H groups in total. The van der Waals surface area contributed by atoms with Crippen LogP contribution in [0.15, 0.2) is 53.7 Å². The standard InChI is InChI=1S/C15H15NO4S/c1-12(17)4-5-13-6-8-14(9-7-13)20-21(18,19)15-3-2-10-16-11-15/h2-3,6-11H,4-5H2,1H3. The predicted molar refractivity (Wildman–Crippen MR) is 77.5 cm³/mol. The summed E-state index contributed by atoms with van der Waals surface area (Å²) in [6, 6.07) is 9.59. The number of hydrogen-bond donors (Lipinski definition) is 0. The van der Waals surface area contributed by atoms with E-state index in [1.807, 2.05) is 0 Å². The van der Waals surface area contributed by atoms with Gasteiger partial charge in [-0.1, -0.05) is 12.1 Å². The summed E-state index contributed by atoms with van der Waals surface area (Å²) in [6.45, 7) is 1.54. The third-order valence-electron chi connectivity index (χ3n) is 2.82. The number of aromatic nitrogens is 1. The molecule has 5 nitrogen and oxygen atoms in total. The van der Waals surface area contributed by atoms with Gasteiger partial charge in [0.15, 0.2) is 0 Å². The van der Waals surface area contributed by atoms with Crippen LogP contribution in [-0.4, -0.2) is 19.2 Å². The van der Waals surface area contributed by atoms with E-state index in [1.54, 1.807) is 24.3 Å². The molecule has 1 heterocycles. The maximum atomic E-state index is 12.0. The number of aryl methyl sites for hydroxylation is 1. The first-order valence-electron chi connectivity index (χ1n) is 6.40. The van der Waals surface area contributed by atoms with E-state index in [1.165, 1.54) is 31.5 Å². The number of nitrogens with zero attached hydrogens (tertiary/aromatic N) is 1. The van der Waals surface area contributed by atoms with Gasteiger partial charge in [-0.2, -0.15) is 8.42 Å². The fourth-order valence-corrected chi connectivity index (χ4v) is 2.60. The van der Waals surface area contributed by atoms with Gasteiger partial charge in [-0.3, -0.25) is 4.98 Å². The number of rotatable bonds is 6. The van der Waals surface area contributed by atoms with Crippen molar-refractivity contribution in [3.05, 3.63) is 54.4 Å². The van der Waals surface area contributed by atoms with Crippen LogP contribution in [0.4, 0.5) is 0 Å². The maximum Gasteiger partial charge on any atom is 0.340 e. The molecule has 0 saturated heterocycles. The molecule has 0 radical (unpaired) electrons. The van der Waals surface area contributed by atoms with Crippen molar-refractivity contribution < 1.29 is 17.4 Å². The first-order valence-corrected chi connectivity index (χ1v) is 7.81. The highest BCUT2D eigenvalue weighted by Crippen LogP contribution is 2.19. The Balaban J connectivity index is 2.08. The number of pyridine rings is 1. The lowest BCUT2D eigenvalue weighted by molar-refractivity contribution is -0.116. The summed E-state index contributed by atoms with van der Waals surface area (Å²) >= 11 is 0. The molecule has 0 aliphatic carbocycles. The molecule has 110 valence electrons. The molecule has 21 heavy (non-hydrogen) atoms. The maximum absolute atomic E-state index is 12.0. The summed E-state index contributed by atoms with van der Waals surface area (Å²) in [7, 11) is -3.87. The molecule has 0 saturated carbocycles. The first-order chi connectivity index (χ1) is 9.97. The molecule has 0 spiro atoms. The smallest absolute Gasteiger partial charge is 0.340 e. The van der Waals surface area contributed by atoms with Gasteiger partial charge in [0, 0.05) is 18.8 Å². The number of carbonyl (C=O) groups excluding carboxylic acids is 1. The zero-order chi connectivity index (χ0) is 15.3. The van der Waals surface area contributed by atoms with Gasteiger partial charge in [-0.15, -0.1) is 0 Å². The molecule has 6 heteroatoms. The van der Waals surface area contributed by atoms with Gasteiger partial charge in [-0.05, 0) is 43.2 Å². The molecule has 2 rings (SSSR count). The molecule has 1 aromatic carbocycles. The Bertz CT molecular complexity index is 709. The van der Waals surface area contributed by atoms with E-state index in [0.717, 1.165) is 5.56 Å². The van der Waals surface area contributed by atoms with Crippen LogP contribution in [0.3, 0.4) is 0 Å². The van der Waals surface area contributed by atoms with E-state index < -0.39 is 10.1 Å². The highest BCUT2D eigenvalue weighted by molar-refractivity contribution is 7.87. The van der Waals surface area contributed by atoms with Crippen LogP contribution in [0.5, 0.6) is 5.75 Å². The lowest BCUT2D eigenvalue weighted by atomic mass is 10.1. The summed E-state index contributed by atoms with van der Waals surface area (Å²) in [5.74, 6) is 0.347. The summed E-state index contributed by atoms with van der Waals surface area (Å²) < 4.78 is 29.0. The molecule has 0 amide bonds. The molecule has 0 bridgehead atoms. The van der Waals surface area contributed by atoms with Crippen LogP contribution in [0.1, 0.15) is 18.9 Å². The third-order valence-corrected chi connectivity index (χ3v) is 4.05. The highest BCUT2D eigenvalue weighted by Gasteiger charge is 2.16. The van der Waals surface area contributed by atoms with Crippen molar-refractivity contribution >= 4 is 15.9 Å². The van der Waals surface area contributed by atoms with Gasteiger partial charge in [-0.25, -0.2) is 0 Å². The van der Waals surface area contributed by atoms with Crippen LogP contribution >= 0.6 is 0 Å². The van der Waals surface area contributed by atoms with E-state index in [2.05, 4.69) is 4.98 Å². The van der Waals surface area contributed by atoms with Gasteiger partial charge in [0.1, 0.15) is 16.4 Å². The minimum absolute atomic E-state index is 0.00524. The van der Waals surface area contributed by atoms with Crippen molar-refractivity contribution in [3.8, 4) is 5.75 Å². The minimum atomic E-state index is -3.87. The fraction of sp³-hybridized carbons (Fsp3) is 0.200. The van der Waals surface area contributed by atoms with Gasteiger partial charge in [0.2, 0.25) is 0 Å². The zero-order valence-electron chi connectivity index (χ0n) is 11.5. The number of benzene rings is 1. The molecule has 0 fully saturated rings. The summed E-state index contributed by atoms with van der Waals surface area (Å²) in [5, 5.41) is 0. The average molecular weight is 305 g/mol. The number of hydrogen-bond acceptors (Lipinski definition) is 5. The van der Waals surface area contributed by atoms with Crippen LogP contribution in [0.25, 0.3) is 0 Å². The highest BCUT2D eigenvalue weighted by atomic mass is 32.2. The topological polar surface area (TPSA) is 73.3 Å². The van der Waals surface area contributed by atoms with Crippen LogP contribution in [0, 0.1) is 0 Å². The molecule has 1 aromatic heterocycles. The van der Waals surface area contributed by atoms with Gasteiger partial charge in [0.05, 0.1) is 0 Å². The summed E-state index contributed by atoms with van der Waals surface area (Å²) in [5.41, 5.74) is 0.955. The lowest BCUT2D eigenvalue weighted by Gasteiger charge is -2.07. The monoisotopic (exact) mass is 305 g/mol. The summed E-state index contributed by atoms with van der Waals surface area (Å²) in [4.78, 5) is 14.7. The SMILES string of the molecule is CC(=O)CCc1ccc(OS(=O)(=O)c2cccnc2)cc1. The van der Waals surface area contributed by atoms with Crippen LogP contribution in [0.2, 0.25) is 0 Å². The molecule has 0 atom stereocenters. The second-order valence-corrected chi connectivity index (χ2v) is 6.12. The lowest BCUT2D eigenvalue weighted by Crippen LogP contribution is -2.09. The van der Waals surface area contributed by atoms with E-state index >= 15 is 0 Å². The predicted octanol–water partition coefficient (Wildman–Crippen LogP) is 2.37. The van der Waals surface area contributed by atoms with Crippen molar-refractivity contribution in [2.24, 2.45) is 0 Å². The normalized spacial score (nSPS) is 11.1. The van der Waals surface area contributed by atoms with Gasteiger partial charge >= 0.3 is 10.1 Å². The van der Waals surface area contributed by atoms with Crippen molar-refractivity contribution in [3.63, 3.8) is 0 Å². The van der Waals surface area contributed by atoms with Crippen molar-refractivity contribution in [2.75, 3.05) is 0 Å². The Hall–Kier alpha value is -2.21. The van der Waals surface area contributed by atoms with Crippen molar-refractivity contribution in [1.29, 1.82) is 0 Å².